The smallest absolute Gasteiger partial charge is 0.378 e. The van der Waals surface area contributed by atoms with E-state index in [0.717, 1.165) is 23.3 Å². The number of rotatable bonds is 5. The van der Waals surface area contributed by atoms with E-state index in [0.29, 0.717) is 32.0 Å². The monoisotopic (exact) mass is 440 g/mol. The standard InChI is InChI=1S/C25H23F3N2O2/c26-25(27,28)20-11-12-22(30-13-15-32-16-14-30)21(17-20)29-24(31)23(18-7-3-1-4-8-18)19-9-5-2-6-10-19/h1-12,17,23H,13-16H2,(H,29,31). The molecule has 1 saturated heterocycles. The molecule has 4 nitrogen and oxygen atoms in total. The molecule has 1 N–H and O–H groups in total. The fourth-order valence-corrected chi connectivity index (χ4v) is 3.88. The van der Waals surface area contributed by atoms with Crippen LogP contribution in [0.2, 0.25) is 0 Å². The number of ether oxygens (including phenoxy) is 1. The lowest BCUT2D eigenvalue weighted by Crippen LogP contribution is -2.37. The number of carbonyl (C=O) groups is 1. The number of hydrogen-bond donors (Lipinski definition) is 1. The van der Waals surface area contributed by atoms with E-state index >= 15 is 0 Å². The molecule has 0 aromatic heterocycles. The highest BCUT2D eigenvalue weighted by atomic mass is 19.4. The number of alkyl halides is 3. The molecule has 166 valence electrons. The number of morpholine rings is 1. The summed E-state index contributed by atoms with van der Waals surface area (Å²) < 4.78 is 45.6. The first-order chi connectivity index (χ1) is 15.4. The van der Waals surface area contributed by atoms with Gasteiger partial charge < -0.3 is 15.0 Å². The van der Waals surface area contributed by atoms with Gasteiger partial charge in [0.05, 0.1) is 36.1 Å². The van der Waals surface area contributed by atoms with Gasteiger partial charge in [0, 0.05) is 13.1 Å². The maximum absolute atomic E-state index is 13.5. The summed E-state index contributed by atoms with van der Waals surface area (Å²) in [5.41, 5.74) is 1.41. The van der Waals surface area contributed by atoms with Crippen molar-refractivity contribution >= 4 is 17.3 Å². The molecule has 0 radical (unpaired) electrons. The van der Waals surface area contributed by atoms with Crippen molar-refractivity contribution in [3.05, 3.63) is 95.6 Å². The summed E-state index contributed by atoms with van der Waals surface area (Å²) in [7, 11) is 0. The van der Waals surface area contributed by atoms with Crippen molar-refractivity contribution in [1.82, 2.24) is 0 Å². The molecule has 0 saturated carbocycles. The Morgan fingerprint density at radius 3 is 1.97 bits per heavy atom. The van der Waals surface area contributed by atoms with Crippen LogP contribution in [0.25, 0.3) is 0 Å². The molecule has 7 heteroatoms. The van der Waals surface area contributed by atoms with Crippen molar-refractivity contribution < 1.29 is 22.7 Å². The zero-order chi connectivity index (χ0) is 22.6. The predicted octanol–water partition coefficient (Wildman–Crippen LogP) is 5.31. The maximum atomic E-state index is 13.5. The molecule has 1 amide bonds. The largest absolute Gasteiger partial charge is 0.416 e. The summed E-state index contributed by atoms with van der Waals surface area (Å²) in [5.74, 6) is -1.05. The molecule has 3 aromatic rings. The van der Waals surface area contributed by atoms with Crippen molar-refractivity contribution in [2.45, 2.75) is 12.1 Å². The number of halogens is 3. The Hall–Kier alpha value is -3.32. The lowest BCUT2D eigenvalue weighted by atomic mass is 9.90. The first kappa shape index (κ1) is 21.9. The molecule has 4 rings (SSSR count). The first-order valence-electron chi connectivity index (χ1n) is 10.4. The van der Waals surface area contributed by atoms with Crippen LogP contribution in [0.15, 0.2) is 78.9 Å². The van der Waals surface area contributed by atoms with Gasteiger partial charge in [-0.2, -0.15) is 13.2 Å². The van der Waals surface area contributed by atoms with Crippen molar-refractivity contribution in [2.24, 2.45) is 0 Å². The van der Waals surface area contributed by atoms with E-state index in [1.807, 2.05) is 65.6 Å². The Kier molecular flexibility index (Phi) is 6.46. The first-order valence-corrected chi connectivity index (χ1v) is 10.4. The van der Waals surface area contributed by atoms with Gasteiger partial charge in [-0.15, -0.1) is 0 Å². The summed E-state index contributed by atoms with van der Waals surface area (Å²) in [5, 5.41) is 2.80. The Bertz CT molecular complexity index is 1010. The van der Waals surface area contributed by atoms with E-state index in [9.17, 15) is 18.0 Å². The van der Waals surface area contributed by atoms with Crippen LogP contribution < -0.4 is 10.2 Å². The lowest BCUT2D eigenvalue weighted by Gasteiger charge is -2.31. The quantitative estimate of drug-likeness (QED) is 0.585. The van der Waals surface area contributed by atoms with E-state index in [2.05, 4.69) is 5.32 Å². The van der Waals surface area contributed by atoms with Crippen molar-refractivity contribution in [3.8, 4) is 0 Å². The minimum atomic E-state index is -4.51. The van der Waals surface area contributed by atoms with Gasteiger partial charge >= 0.3 is 6.18 Å². The van der Waals surface area contributed by atoms with Gasteiger partial charge in [0.15, 0.2) is 0 Å². The summed E-state index contributed by atoms with van der Waals surface area (Å²) in [6.45, 7) is 2.03. The molecule has 1 aliphatic heterocycles. The summed E-state index contributed by atoms with van der Waals surface area (Å²) in [6, 6.07) is 21.9. The SMILES string of the molecule is O=C(Nc1cc(C(F)(F)F)ccc1N1CCOCC1)C(c1ccccc1)c1ccccc1. The third kappa shape index (κ3) is 4.94. The van der Waals surface area contributed by atoms with E-state index in [-0.39, 0.29) is 5.69 Å². The van der Waals surface area contributed by atoms with Crippen LogP contribution in [0, 0.1) is 0 Å². The van der Waals surface area contributed by atoms with Gasteiger partial charge in [0.25, 0.3) is 0 Å². The van der Waals surface area contributed by atoms with Gasteiger partial charge in [-0.3, -0.25) is 4.79 Å². The minimum Gasteiger partial charge on any atom is -0.378 e. The molecule has 0 atom stereocenters. The zero-order valence-corrected chi connectivity index (χ0v) is 17.3. The number of amides is 1. The zero-order valence-electron chi connectivity index (χ0n) is 17.3. The maximum Gasteiger partial charge on any atom is 0.416 e. The fourth-order valence-electron chi connectivity index (χ4n) is 3.88. The second-order valence-corrected chi connectivity index (χ2v) is 7.57. The molecule has 0 unspecified atom stereocenters. The number of nitrogens with one attached hydrogen (secondary N) is 1. The Labute approximate surface area is 184 Å². The summed E-state index contributed by atoms with van der Waals surface area (Å²) in [6.07, 6.45) is -4.51. The third-order valence-electron chi connectivity index (χ3n) is 5.46. The highest BCUT2D eigenvalue weighted by molar-refractivity contribution is 6.00. The summed E-state index contributed by atoms with van der Waals surface area (Å²) >= 11 is 0. The van der Waals surface area contributed by atoms with Crippen LogP contribution in [0.1, 0.15) is 22.6 Å². The molecular weight excluding hydrogens is 417 g/mol. The van der Waals surface area contributed by atoms with Gasteiger partial charge in [0.2, 0.25) is 5.91 Å². The Morgan fingerprint density at radius 2 is 1.44 bits per heavy atom. The highest BCUT2D eigenvalue weighted by Crippen LogP contribution is 2.37. The number of benzene rings is 3. The van der Waals surface area contributed by atoms with Gasteiger partial charge in [-0.25, -0.2) is 0 Å². The number of nitrogens with zero attached hydrogens (tertiary/aromatic N) is 1. The molecular formula is C25H23F3N2O2. The van der Waals surface area contributed by atoms with Crippen LogP contribution in [0.4, 0.5) is 24.5 Å². The average Bonchev–Trinajstić information content (AvgIpc) is 2.81. The molecule has 1 aliphatic rings. The summed E-state index contributed by atoms with van der Waals surface area (Å²) in [4.78, 5) is 15.4. The van der Waals surface area contributed by atoms with Crippen molar-refractivity contribution in [1.29, 1.82) is 0 Å². The van der Waals surface area contributed by atoms with E-state index in [1.165, 1.54) is 6.07 Å². The van der Waals surface area contributed by atoms with Crippen LogP contribution in [0.3, 0.4) is 0 Å². The second kappa shape index (κ2) is 9.44. The molecule has 0 aliphatic carbocycles. The van der Waals surface area contributed by atoms with E-state index in [4.69, 9.17) is 4.74 Å². The van der Waals surface area contributed by atoms with Crippen LogP contribution in [-0.4, -0.2) is 32.2 Å². The minimum absolute atomic E-state index is 0.142. The number of anilines is 2. The van der Waals surface area contributed by atoms with Crippen molar-refractivity contribution in [3.63, 3.8) is 0 Å². The topological polar surface area (TPSA) is 41.6 Å². The lowest BCUT2D eigenvalue weighted by molar-refractivity contribution is -0.137. The van der Waals surface area contributed by atoms with Gasteiger partial charge in [-0.05, 0) is 29.3 Å². The predicted molar refractivity (Wildman–Crippen MR) is 118 cm³/mol. The molecule has 1 heterocycles. The Balaban J connectivity index is 1.72. The molecule has 32 heavy (non-hydrogen) atoms. The van der Waals surface area contributed by atoms with Gasteiger partial charge in [0.1, 0.15) is 0 Å². The van der Waals surface area contributed by atoms with E-state index in [1.54, 1.807) is 0 Å². The molecule has 3 aromatic carbocycles. The van der Waals surface area contributed by atoms with Crippen LogP contribution in [-0.2, 0) is 15.7 Å². The highest BCUT2D eigenvalue weighted by Gasteiger charge is 2.32. The van der Waals surface area contributed by atoms with Crippen LogP contribution >= 0.6 is 0 Å². The fraction of sp³-hybridized carbons (Fsp3) is 0.240. The van der Waals surface area contributed by atoms with E-state index < -0.39 is 23.6 Å². The molecule has 0 spiro atoms. The normalized spacial score (nSPS) is 14.4. The van der Waals surface area contributed by atoms with Crippen molar-refractivity contribution in [2.75, 3.05) is 36.5 Å². The Morgan fingerprint density at radius 1 is 0.875 bits per heavy atom. The number of hydrogen-bond acceptors (Lipinski definition) is 3. The number of carbonyl (C=O) groups excluding carboxylic acids is 1. The van der Waals surface area contributed by atoms with Gasteiger partial charge in [-0.1, -0.05) is 60.7 Å². The third-order valence-corrected chi connectivity index (χ3v) is 5.46. The average molecular weight is 440 g/mol. The molecule has 1 fully saturated rings. The van der Waals surface area contributed by atoms with Crippen LogP contribution in [0.5, 0.6) is 0 Å². The second-order valence-electron chi connectivity index (χ2n) is 7.57. The molecule has 0 bridgehead atoms.